The number of aryl methyl sites for hydroxylation is 1. The summed E-state index contributed by atoms with van der Waals surface area (Å²) < 4.78 is 33.4. The summed E-state index contributed by atoms with van der Waals surface area (Å²) in [6.45, 7) is 1.90. The minimum atomic E-state index is -3.85. The smallest absolute Gasteiger partial charge is 0.265 e. The van der Waals surface area contributed by atoms with Crippen LogP contribution < -0.4 is 9.46 Å². The van der Waals surface area contributed by atoms with E-state index in [1.54, 1.807) is 42.5 Å². The maximum atomic E-state index is 12.8. The maximum Gasteiger partial charge on any atom is 0.265 e. The molecule has 3 aromatic rings. The van der Waals surface area contributed by atoms with E-state index >= 15 is 0 Å². The van der Waals surface area contributed by atoms with Gasteiger partial charge in [-0.15, -0.1) is 11.3 Å². The van der Waals surface area contributed by atoms with Gasteiger partial charge < -0.3 is 4.74 Å². The van der Waals surface area contributed by atoms with Gasteiger partial charge >= 0.3 is 0 Å². The zero-order valence-electron chi connectivity index (χ0n) is 13.5. The fourth-order valence-electron chi connectivity index (χ4n) is 2.30. The zero-order chi connectivity index (χ0) is 18.0. The molecule has 2 aromatic carbocycles. The van der Waals surface area contributed by atoms with Crippen molar-refractivity contribution in [3.8, 4) is 17.0 Å². The lowest BCUT2D eigenvalue weighted by atomic mass is 10.2. The van der Waals surface area contributed by atoms with Crippen LogP contribution in [0.4, 0.5) is 5.69 Å². The Labute approximate surface area is 155 Å². The molecule has 3 rings (SSSR count). The third-order valence-corrected chi connectivity index (χ3v) is 5.86. The van der Waals surface area contributed by atoms with E-state index in [1.807, 2.05) is 12.3 Å². The summed E-state index contributed by atoms with van der Waals surface area (Å²) in [4.78, 5) is 4.44. The van der Waals surface area contributed by atoms with Crippen LogP contribution in [0.3, 0.4) is 0 Å². The highest BCUT2D eigenvalue weighted by Crippen LogP contribution is 2.31. The largest absolute Gasteiger partial charge is 0.495 e. The first kappa shape index (κ1) is 17.7. The van der Waals surface area contributed by atoms with Gasteiger partial charge in [0, 0.05) is 16.0 Å². The van der Waals surface area contributed by atoms with E-state index in [0.29, 0.717) is 16.3 Å². The Morgan fingerprint density at radius 3 is 2.64 bits per heavy atom. The molecule has 1 aromatic heterocycles. The molecule has 1 heterocycles. The fourth-order valence-corrected chi connectivity index (χ4v) is 4.36. The quantitative estimate of drug-likeness (QED) is 0.687. The van der Waals surface area contributed by atoms with E-state index in [2.05, 4.69) is 9.71 Å². The first-order chi connectivity index (χ1) is 11.9. The van der Waals surface area contributed by atoms with Crippen molar-refractivity contribution in [3.63, 3.8) is 0 Å². The summed E-state index contributed by atoms with van der Waals surface area (Å²) in [7, 11) is -2.42. The van der Waals surface area contributed by atoms with Crippen molar-refractivity contribution < 1.29 is 13.2 Å². The van der Waals surface area contributed by atoms with Gasteiger partial charge in [0.1, 0.15) is 10.6 Å². The molecule has 5 nitrogen and oxygen atoms in total. The molecule has 0 radical (unpaired) electrons. The Hall–Kier alpha value is -2.09. The van der Waals surface area contributed by atoms with Gasteiger partial charge in [0.25, 0.3) is 10.0 Å². The van der Waals surface area contributed by atoms with Crippen LogP contribution >= 0.6 is 22.9 Å². The molecular weight excluding hydrogens is 380 g/mol. The lowest BCUT2D eigenvalue weighted by Crippen LogP contribution is -2.14. The number of halogens is 1. The van der Waals surface area contributed by atoms with Crippen LogP contribution in [0.15, 0.2) is 52.7 Å². The number of sulfonamides is 1. The number of hydrogen-bond donors (Lipinski definition) is 1. The van der Waals surface area contributed by atoms with Crippen molar-refractivity contribution in [2.24, 2.45) is 0 Å². The highest BCUT2D eigenvalue weighted by molar-refractivity contribution is 7.92. The van der Waals surface area contributed by atoms with Crippen LogP contribution in [0.1, 0.15) is 5.01 Å². The summed E-state index contributed by atoms with van der Waals surface area (Å²) in [6.07, 6.45) is 0. The Morgan fingerprint density at radius 2 is 2.00 bits per heavy atom. The predicted octanol–water partition coefficient (Wildman–Crippen LogP) is 4.58. The molecule has 0 saturated heterocycles. The molecule has 0 spiro atoms. The second kappa shape index (κ2) is 7.03. The number of methoxy groups -OCH3 is 1. The molecule has 0 fully saturated rings. The minimum Gasteiger partial charge on any atom is -0.495 e. The first-order valence-corrected chi connectivity index (χ1v) is 10.0. The Balaban J connectivity index is 2.04. The molecule has 130 valence electrons. The second-order valence-corrected chi connectivity index (χ2v) is 8.38. The predicted molar refractivity (Wildman–Crippen MR) is 101 cm³/mol. The Kier molecular flexibility index (Phi) is 4.99. The van der Waals surface area contributed by atoms with Crippen LogP contribution in [-0.2, 0) is 10.0 Å². The van der Waals surface area contributed by atoms with Crippen LogP contribution in [0, 0.1) is 6.92 Å². The van der Waals surface area contributed by atoms with Gasteiger partial charge in [-0.25, -0.2) is 13.4 Å². The number of hydrogen-bond acceptors (Lipinski definition) is 5. The summed E-state index contributed by atoms with van der Waals surface area (Å²) in [5.74, 6) is 0.255. The molecule has 0 saturated carbocycles. The van der Waals surface area contributed by atoms with E-state index in [4.69, 9.17) is 16.3 Å². The molecule has 0 atom stereocenters. The van der Waals surface area contributed by atoms with Crippen molar-refractivity contribution in [3.05, 3.63) is 57.9 Å². The lowest BCUT2D eigenvalue weighted by Gasteiger charge is -2.13. The summed E-state index contributed by atoms with van der Waals surface area (Å²) >= 11 is 7.42. The number of ether oxygens (including phenoxy) is 1. The molecule has 25 heavy (non-hydrogen) atoms. The molecular formula is C17H15ClN2O3S2. The maximum absolute atomic E-state index is 12.8. The van der Waals surface area contributed by atoms with Gasteiger partial charge in [-0.2, -0.15) is 0 Å². The molecule has 0 aliphatic heterocycles. The average molecular weight is 395 g/mol. The molecule has 1 N–H and O–H groups in total. The molecule has 8 heteroatoms. The highest BCUT2D eigenvalue weighted by atomic mass is 35.5. The summed E-state index contributed by atoms with van der Waals surface area (Å²) in [5, 5.41) is 3.24. The Morgan fingerprint density at radius 1 is 1.20 bits per heavy atom. The van der Waals surface area contributed by atoms with E-state index in [1.165, 1.54) is 18.4 Å². The van der Waals surface area contributed by atoms with Crippen molar-refractivity contribution in [2.75, 3.05) is 11.8 Å². The monoisotopic (exact) mass is 394 g/mol. The molecule has 0 amide bonds. The first-order valence-electron chi connectivity index (χ1n) is 7.28. The van der Waals surface area contributed by atoms with E-state index in [0.717, 1.165) is 10.7 Å². The minimum absolute atomic E-state index is 0.0399. The second-order valence-electron chi connectivity index (χ2n) is 5.23. The highest BCUT2D eigenvalue weighted by Gasteiger charge is 2.21. The van der Waals surface area contributed by atoms with Crippen LogP contribution in [0.2, 0.25) is 5.02 Å². The molecule has 0 aliphatic carbocycles. The number of nitrogens with zero attached hydrogens (tertiary/aromatic N) is 1. The summed E-state index contributed by atoms with van der Waals surface area (Å²) in [6, 6.07) is 11.5. The standard InChI is InChI=1S/C17H15ClN2O3S2/c1-11-19-15(10-24-11)12-6-7-16(23-2)17(8-12)25(21,22)20-14-5-3-4-13(18)9-14/h3-10,20H,1-2H3. The van der Waals surface area contributed by atoms with E-state index < -0.39 is 10.0 Å². The van der Waals surface area contributed by atoms with Crippen molar-refractivity contribution >= 4 is 38.6 Å². The number of anilines is 1. The topological polar surface area (TPSA) is 68.3 Å². The number of aromatic nitrogens is 1. The summed E-state index contributed by atoms with van der Waals surface area (Å²) in [5.41, 5.74) is 1.81. The van der Waals surface area contributed by atoms with Gasteiger partial charge in [-0.1, -0.05) is 17.7 Å². The van der Waals surface area contributed by atoms with Gasteiger partial charge in [-0.3, -0.25) is 4.72 Å². The van der Waals surface area contributed by atoms with Gasteiger partial charge in [0.15, 0.2) is 0 Å². The van der Waals surface area contributed by atoms with Crippen molar-refractivity contribution in [1.29, 1.82) is 0 Å². The fraction of sp³-hybridized carbons (Fsp3) is 0.118. The van der Waals surface area contributed by atoms with Crippen LogP contribution in [0.5, 0.6) is 5.75 Å². The lowest BCUT2D eigenvalue weighted by molar-refractivity contribution is 0.403. The molecule has 0 unspecified atom stereocenters. The van der Waals surface area contributed by atoms with Gasteiger partial charge in [0.2, 0.25) is 0 Å². The van der Waals surface area contributed by atoms with Gasteiger partial charge in [-0.05, 0) is 43.3 Å². The number of thiazole rings is 1. The number of benzene rings is 2. The van der Waals surface area contributed by atoms with Crippen LogP contribution in [0.25, 0.3) is 11.3 Å². The van der Waals surface area contributed by atoms with Crippen molar-refractivity contribution in [2.45, 2.75) is 11.8 Å². The normalized spacial score (nSPS) is 11.3. The number of rotatable bonds is 5. The average Bonchev–Trinajstić information content (AvgIpc) is 3.00. The van der Waals surface area contributed by atoms with Crippen molar-refractivity contribution in [1.82, 2.24) is 4.98 Å². The SMILES string of the molecule is COc1ccc(-c2csc(C)n2)cc1S(=O)(=O)Nc1cccc(Cl)c1. The van der Waals surface area contributed by atoms with Gasteiger partial charge in [0.05, 0.1) is 23.5 Å². The molecule has 0 bridgehead atoms. The molecule has 0 aliphatic rings. The zero-order valence-corrected chi connectivity index (χ0v) is 15.9. The van der Waals surface area contributed by atoms with E-state index in [9.17, 15) is 8.42 Å². The van der Waals surface area contributed by atoms with Crippen LogP contribution in [-0.4, -0.2) is 20.5 Å². The third-order valence-electron chi connectivity index (χ3n) is 3.44. The number of nitrogens with one attached hydrogen (secondary N) is 1. The van der Waals surface area contributed by atoms with E-state index in [-0.39, 0.29) is 10.6 Å². The Bertz CT molecular complexity index is 1020. The third kappa shape index (κ3) is 3.95.